The third-order valence-corrected chi connectivity index (χ3v) is 6.22. The van der Waals surface area contributed by atoms with Crippen LogP contribution >= 0.6 is 11.3 Å². The summed E-state index contributed by atoms with van der Waals surface area (Å²) in [5.41, 5.74) is 2.18. The van der Waals surface area contributed by atoms with Gasteiger partial charge in [0.1, 0.15) is 10.8 Å². The molecule has 0 unspecified atom stereocenters. The van der Waals surface area contributed by atoms with Crippen molar-refractivity contribution in [2.75, 3.05) is 26.2 Å². The summed E-state index contributed by atoms with van der Waals surface area (Å²) in [5, 5.41) is 12.3. The van der Waals surface area contributed by atoms with E-state index in [-0.39, 0.29) is 11.7 Å². The molecule has 3 aromatic rings. The van der Waals surface area contributed by atoms with E-state index in [1.54, 1.807) is 12.1 Å². The number of benzene rings is 2. The Kier molecular flexibility index (Phi) is 7.35. The Hall–Kier alpha value is -2.68. The molecular formula is C23H26FN5OS. The molecule has 6 nitrogen and oxygen atoms in total. The fourth-order valence-corrected chi connectivity index (χ4v) is 4.44. The Bertz CT molecular complexity index is 979. The Balaban J connectivity index is 1.25. The molecule has 1 saturated heterocycles. The molecule has 8 heteroatoms. The number of halogens is 1. The molecule has 1 aliphatic heterocycles. The molecule has 2 aromatic carbocycles. The first kappa shape index (κ1) is 21.5. The molecule has 2 heterocycles. The molecule has 1 aromatic heterocycles. The van der Waals surface area contributed by atoms with Gasteiger partial charge < -0.3 is 5.32 Å². The first-order valence-corrected chi connectivity index (χ1v) is 11.3. The van der Waals surface area contributed by atoms with Crippen LogP contribution < -0.4 is 5.32 Å². The zero-order valence-electron chi connectivity index (χ0n) is 17.3. The zero-order chi connectivity index (χ0) is 21.5. The molecule has 1 aliphatic rings. The van der Waals surface area contributed by atoms with Gasteiger partial charge in [0.05, 0.1) is 6.54 Å². The number of nitrogens with zero attached hydrogens (tertiary/aromatic N) is 4. The van der Waals surface area contributed by atoms with Crippen LogP contribution in [0.4, 0.5) is 4.39 Å². The number of hydrogen-bond acceptors (Lipinski definition) is 6. The normalized spacial score (nSPS) is 15.5. The van der Waals surface area contributed by atoms with Crippen molar-refractivity contribution in [1.82, 2.24) is 25.3 Å². The van der Waals surface area contributed by atoms with Crippen molar-refractivity contribution in [2.45, 2.75) is 26.1 Å². The maximum atomic E-state index is 13.0. The fraction of sp³-hybridized carbons (Fsp3) is 0.348. The lowest BCUT2D eigenvalue weighted by atomic mass is 10.2. The number of rotatable bonds is 7. The van der Waals surface area contributed by atoms with E-state index in [2.05, 4.69) is 49.6 Å². The number of amides is 1. The summed E-state index contributed by atoms with van der Waals surface area (Å²) in [6.07, 6.45) is 1.11. The summed E-state index contributed by atoms with van der Waals surface area (Å²) in [5.74, 6) is -0.543. The number of aromatic nitrogens is 2. The molecule has 4 rings (SSSR count). The molecule has 1 N–H and O–H groups in total. The summed E-state index contributed by atoms with van der Waals surface area (Å²) in [4.78, 5) is 17.2. The van der Waals surface area contributed by atoms with Crippen LogP contribution in [0.3, 0.4) is 0 Å². The van der Waals surface area contributed by atoms with E-state index in [0.717, 1.165) is 49.7 Å². The predicted octanol–water partition coefficient (Wildman–Crippen LogP) is 3.32. The molecule has 0 bridgehead atoms. The van der Waals surface area contributed by atoms with E-state index in [4.69, 9.17) is 0 Å². The summed E-state index contributed by atoms with van der Waals surface area (Å²) in [6, 6.07) is 16.6. The van der Waals surface area contributed by atoms with E-state index in [1.807, 2.05) is 6.07 Å². The number of hydrogen-bond donors (Lipinski definition) is 1. The Morgan fingerprint density at radius 3 is 2.35 bits per heavy atom. The van der Waals surface area contributed by atoms with Gasteiger partial charge in [-0.05, 0) is 42.8 Å². The molecule has 0 saturated carbocycles. The molecule has 31 heavy (non-hydrogen) atoms. The van der Waals surface area contributed by atoms with Crippen molar-refractivity contribution in [3.63, 3.8) is 0 Å². The standard InChI is InChI=1S/C23H26FN5OS/c24-20-9-7-18(8-10-20)15-25-22(30)23-27-26-21(31-23)17-29-12-4-11-28(13-14-29)16-19-5-2-1-3-6-19/h1-3,5-10H,4,11-17H2,(H,25,30). The minimum absolute atomic E-state index is 0.252. The summed E-state index contributed by atoms with van der Waals surface area (Å²) < 4.78 is 13.0. The highest BCUT2D eigenvalue weighted by atomic mass is 32.1. The monoisotopic (exact) mass is 439 g/mol. The molecule has 0 radical (unpaired) electrons. The lowest BCUT2D eigenvalue weighted by Crippen LogP contribution is -2.30. The van der Waals surface area contributed by atoms with Crippen molar-refractivity contribution in [2.24, 2.45) is 0 Å². The molecule has 0 spiro atoms. The van der Waals surface area contributed by atoms with Crippen LogP contribution in [0.25, 0.3) is 0 Å². The molecule has 1 fully saturated rings. The molecule has 0 atom stereocenters. The Morgan fingerprint density at radius 1 is 0.903 bits per heavy atom. The van der Waals surface area contributed by atoms with Crippen molar-refractivity contribution >= 4 is 17.2 Å². The van der Waals surface area contributed by atoms with Gasteiger partial charge in [0, 0.05) is 26.2 Å². The Labute approximate surface area is 185 Å². The van der Waals surface area contributed by atoms with Crippen molar-refractivity contribution in [3.05, 3.63) is 81.6 Å². The quantitative estimate of drug-likeness (QED) is 0.612. The third-order valence-electron chi connectivity index (χ3n) is 5.32. The largest absolute Gasteiger partial charge is 0.346 e. The first-order chi connectivity index (χ1) is 15.2. The highest BCUT2D eigenvalue weighted by Gasteiger charge is 2.18. The highest BCUT2D eigenvalue weighted by molar-refractivity contribution is 7.13. The topological polar surface area (TPSA) is 61.4 Å². The number of carbonyl (C=O) groups excluding carboxylic acids is 1. The minimum atomic E-state index is -0.291. The van der Waals surface area contributed by atoms with Crippen molar-refractivity contribution < 1.29 is 9.18 Å². The molecular weight excluding hydrogens is 413 g/mol. The number of nitrogens with one attached hydrogen (secondary N) is 1. The van der Waals surface area contributed by atoms with Gasteiger partial charge in [-0.3, -0.25) is 14.6 Å². The van der Waals surface area contributed by atoms with Gasteiger partial charge in [-0.25, -0.2) is 4.39 Å². The maximum Gasteiger partial charge on any atom is 0.282 e. The lowest BCUT2D eigenvalue weighted by Gasteiger charge is -2.21. The van der Waals surface area contributed by atoms with E-state index in [9.17, 15) is 9.18 Å². The second-order valence-electron chi connectivity index (χ2n) is 7.70. The minimum Gasteiger partial charge on any atom is -0.346 e. The summed E-state index contributed by atoms with van der Waals surface area (Å²) >= 11 is 1.33. The van der Waals surface area contributed by atoms with Crippen molar-refractivity contribution in [1.29, 1.82) is 0 Å². The predicted molar refractivity (Wildman–Crippen MR) is 119 cm³/mol. The van der Waals surface area contributed by atoms with Gasteiger partial charge in [0.2, 0.25) is 5.01 Å². The van der Waals surface area contributed by atoms with Crippen LogP contribution in [-0.4, -0.2) is 52.1 Å². The van der Waals surface area contributed by atoms with E-state index < -0.39 is 0 Å². The average Bonchev–Trinajstić information content (AvgIpc) is 3.15. The van der Waals surface area contributed by atoms with Crippen LogP contribution in [0.1, 0.15) is 32.4 Å². The van der Waals surface area contributed by atoms with Crippen molar-refractivity contribution in [3.8, 4) is 0 Å². The maximum absolute atomic E-state index is 13.0. The summed E-state index contributed by atoms with van der Waals surface area (Å²) in [7, 11) is 0. The van der Waals surface area contributed by atoms with Gasteiger partial charge in [-0.1, -0.05) is 53.8 Å². The van der Waals surface area contributed by atoms with Crippen LogP contribution in [0.2, 0.25) is 0 Å². The fourth-order valence-electron chi connectivity index (χ4n) is 3.64. The van der Waals surface area contributed by atoms with Gasteiger partial charge in [0.15, 0.2) is 0 Å². The van der Waals surface area contributed by atoms with E-state index >= 15 is 0 Å². The molecule has 0 aliphatic carbocycles. The third kappa shape index (κ3) is 6.40. The molecule has 162 valence electrons. The van der Waals surface area contributed by atoms with Gasteiger partial charge in [0.25, 0.3) is 5.91 Å². The van der Waals surface area contributed by atoms with Crippen LogP contribution in [0.5, 0.6) is 0 Å². The second-order valence-corrected chi connectivity index (χ2v) is 8.76. The van der Waals surface area contributed by atoms with E-state index in [0.29, 0.717) is 18.1 Å². The van der Waals surface area contributed by atoms with Crippen LogP contribution in [-0.2, 0) is 19.6 Å². The van der Waals surface area contributed by atoms with Gasteiger partial charge in [-0.2, -0.15) is 0 Å². The summed E-state index contributed by atoms with van der Waals surface area (Å²) in [6.45, 7) is 6.10. The van der Waals surface area contributed by atoms with Gasteiger partial charge in [-0.15, -0.1) is 10.2 Å². The lowest BCUT2D eigenvalue weighted by molar-refractivity contribution is 0.0950. The van der Waals surface area contributed by atoms with Gasteiger partial charge >= 0.3 is 0 Å². The average molecular weight is 440 g/mol. The van der Waals surface area contributed by atoms with Crippen LogP contribution in [0, 0.1) is 5.82 Å². The first-order valence-electron chi connectivity index (χ1n) is 10.5. The van der Waals surface area contributed by atoms with Crippen LogP contribution in [0.15, 0.2) is 54.6 Å². The second kappa shape index (κ2) is 10.6. The smallest absolute Gasteiger partial charge is 0.282 e. The Morgan fingerprint density at radius 2 is 1.61 bits per heavy atom. The SMILES string of the molecule is O=C(NCc1ccc(F)cc1)c1nnc(CN2CCCN(Cc3ccccc3)CC2)s1. The number of carbonyl (C=O) groups is 1. The highest BCUT2D eigenvalue weighted by Crippen LogP contribution is 2.15. The van der Waals surface area contributed by atoms with E-state index in [1.165, 1.54) is 29.0 Å². The zero-order valence-corrected chi connectivity index (χ0v) is 18.2. The molecule has 1 amide bonds.